The molecule has 0 spiro atoms. The van der Waals surface area contributed by atoms with E-state index in [0.717, 1.165) is 44.6 Å². The van der Waals surface area contributed by atoms with Crippen molar-refractivity contribution in [2.24, 2.45) is 0 Å². The molecule has 2 aromatic carbocycles. The van der Waals surface area contributed by atoms with Crippen molar-refractivity contribution in [3.63, 3.8) is 0 Å². The number of benzene rings is 2. The molecule has 5 heteroatoms. The molecule has 2 fully saturated rings. The zero-order valence-corrected chi connectivity index (χ0v) is 14.8. The minimum atomic E-state index is -0.353. The molecule has 4 nitrogen and oxygen atoms in total. The summed E-state index contributed by atoms with van der Waals surface area (Å²) >= 11 is 0. The number of hydrogen-bond donors (Lipinski definition) is 1. The number of amides is 1. The lowest BCUT2D eigenvalue weighted by atomic mass is 10.0. The molecule has 1 heterocycles. The number of nitrogens with one attached hydrogen (secondary N) is 1. The van der Waals surface area contributed by atoms with Crippen LogP contribution < -0.4 is 10.2 Å². The average Bonchev–Trinajstić information content (AvgIpc) is 3.49. The molecule has 26 heavy (non-hydrogen) atoms. The molecular formula is C21H24FN3O. The van der Waals surface area contributed by atoms with E-state index in [1.165, 1.54) is 17.8 Å². The standard InChI is InChI=1S/C21H24FN3O/c22-17-8-6-16(7-9-17)20(21(26)23-18-10-11-18)25-14-12-24(13-15-25)19-4-2-1-3-5-19/h1-9,18,20H,10-15H2,(H,23,26)/t20-/m0/s1. The molecule has 0 unspecified atom stereocenters. The first-order chi connectivity index (χ1) is 12.7. The minimum absolute atomic E-state index is 0.0345. The van der Waals surface area contributed by atoms with Crippen LogP contribution >= 0.6 is 0 Å². The third-order valence-corrected chi connectivity index (χ3v) is 5.16. The first kappa shape index (κ1) is 17.0. The molecule has 136 valence electrons. The molecule has 1 saturated carbocycles. The largest absolute Gasteiger partial charge is 0.369 e. The second kappa shape index (κ2) is 7.46. The van der Waals surface area contributed by atoms with Crippen molar-refractivity contribution in [1.82, 2.24) is 10.2 Å². The Kier molecular flexibility index (Phi) is 4.89. The number of para-hydroxylation sites is 1. The third kappa shape index (κ3) is 3.88. The van der Waals surface area contributed by atoms with Crippen molar-refractivity contribution in [3.05, 3.63) is 66.0 Å². The molecule has 2 aromatic rings. The molecule has 1 N–H and O–H groups in total. The third-order valence-electron chi connectivity index (χ3n) is 5.16. The van der Waals surface area contributed by atoms with Crippen LogP contribution in [0.4, 0.5) is 10.1 Å². The lowest BCUT2D eigenvalue weighted by Gasteiger charge is -2.39. The van der Waals surface area contributed by atoms with Gasteiger partial charge in [0.15, 0.2) is 0 Å². The van der Waals surface area contributed by atoms with Crippen molar-refractivity contribution >= 4 is 11.6 Å². The first-order valence-electron chi connectivity index (χ1n) is 9.30. The van der Waals surface area contributed by atoms with E-state index in [0.29, 0.717) is 6.04 Å². The van der Waals surface area contributed by atoms with E-state index >= 15 is 0 Å². The summed E-state index contributed by atoms with van der Waals surface area (Å²) in [5, 5.41) is 3.12. The maximum atomic E-state index is 13.3. The molecule has 1 saturated heterocycles. The van der Waals surface area contributed by atoms with Gasteiger partial charge in [-0.2, -0.15) is 0 Å². The summed E-state index contributed by atoms with van der Waals surface area (Å²) in [6, 6.07) is 16.7. The van der Waals surface area contributed by atoms with Crippen LogP contribution in [0, 0.1) is 5.82 Å². The van der Waals surface area contributed by atoms with Crippen LogP contribution in [0.5, 0.6) is 0 Å². The van der Waals surface area contributed by atoms with Crippen LogP contribution in [0.25, 0.3) is 0 Å². The Hall–Kier alpha value is -2.40. The maximum absolute atomic E-state index is 13.3. The first-order valence-corrected chi connectivity index (χ1v) is 9.30. The lowest BCUT2D eigenvalue weighted by Crippen LogP contribution is -2.51. The van der Waals surface area contributed by atoms with Gasteiger partial charge in [-0.05, 0) is 42.7 Å². The predicted octanol–water partition coefficient (Wildman–Crippen LogP) is 2.97. The Labute approximate surface area is 153 Å². The van der Waals surface area contributed by atoms with Gasteiger partial charge in [0, 0.05) is 37.9 Å². The van der Waals surface area contributed by atoms with Crippen molar-refractivity contribution in [2.75, 3.05) is 31.1 Å². The average molecular weight is 353 g/mol. The summed E-state index contributed by atoms with van der Waals surface area (Å²) in [5.41, 5.74) is 2.07. The highest BCUT2D eigenvalue weighted by Crippen LogP contribution is 2.27. The molecule has 0 bridgehead atoms. The smallest absolute Gasteiger partial charge is 0.242 e. The summed E-state index contributed by atoms with van der Waals surface area (Å²) in [6.07, 6.45) is 2.12. The molecule has 1 atom stereocenters. The number of carbonyl (C=O) groups is 1. The van der Waals surface area contributed by atoms with Gasteiger partial charge in [0.05, 0.1) is 0 Å². The van der Waals surface area contributed by atoms with Crippen LogP contribution in [0.3, 0.4) is 0 Å². The molecule has 1 aliphatic carbocycles. The lowest BCUT2D eigenvalue weighted by molar-refractivity contribution is -0.127. The van der Waals surface area contributed by atoms with Crippen molar-refractivity contribution in [1.29, 1.82) is 0 Å². The highest BCUT2D eigenvalue weighted by Gasteiger charge is 2.33. The Morgan fingerprint density at radius 2 is 1.62 bits per heavy atom. The predicted molar refractivity (Wildman–Crippen MR) is 101 cm³/mol. The highest BCUT2D eigenvalue weighted by atomic mass is 19.1. The SMILES string of the molecule is O=C(NC1CC1)[C@H](c1ccc(F)cc1)N1CCN(c2ccccc2)CC1. The zero-order valence-electron chi connectivity index (χ0n) is 14.8. The second-order valence-corrected chi connectivity index (χ2v) is 7.10. The Morgan fingerprint density at radius 3 is 2.23 bits per heavy atom. The van der Waals surface area contributed by atoms with Gasteiger partial charge < -0.3 is 10.2 Å². The number of anilines is 1. The Bertz CT molecular complexity index is 738. The van der Waals surface area contributed by atoms with Gasteiger partial charge in [-0.3, -0.25) is 9.69 Å². The number of nitrogens with zero attached hydrogens (tertiary/aromatic N) is 2. The van der Waals surface area contributed by atoms with Gasteiger partial charge in [0.25, 0.3) is 0 Å². The fraction of sp³-hybridized carbons (Fsp3) is 0.381. The van der Waals surface area contributed by atoms with E-state index in [9.17, 15) is 9.18 Å². The molecular weight excluding hydrogens is 329 g/mol. The van der Waals surface area contributed by atoms with Crippen LogP contribution in [0.1, 0.15) is 24.4 Å². The summed E-state index contributed by atoms with van der Waals surface area (Å²) in [6.45, 7) is 3.35. The van der Waals surface area contributed by atoms with Crippen LogP contribution in [0.2, 0.25) is 0 Å². The molecule has 0 radical (unpaired) electrons. The normalized spacial score (nSPS) is 19.2. The topological polar surface area (TPSA) is 35.6 Å². The van der Waals surface area contributed by atoms with Crippen LogP contribution in [-0.2, 0) is 4.79 Å². The quantitative estimate of drug-likeness (QED) is 0.898. The molecule has 1 amide bonds. The Balaban J connectivity index is 1.49. The van der Waals surface area contributed by atoms with E-state index in [2.05, 4.69) is 27.2 Å². The fourth-order valence-corrected chi connectivity index (χ4v) is 3.56. The van der Waals surface area contributed by atoms with Gasteiger partial charge in [-0.1, -0.05) is 30.3 Å². The van der Waals surface area contributed by atoms with E-state index < -0.39 is 0 Å². The van der Waals surface area contributed by atoms with Gasteiger partial charge in [-0.15, -0.1) is 0 Å². The van der Waals surface area contributed by atoms with Crippen LogP contribution in [0.15, 0.2) is 54.6 Å². The van der Waals surface area contributed by atoms with E-state index in [4.69, 9.17) is 0 Å². The minimum Gasteiger partial charge on any atom is -0.369 e. The summed E-state index contributed by atoms with van der Waals surface area (Å²) in [4.78, 5) is 17.4. The molecule has 0 aromatic heterocycles. The van der Waals surface area contributed by atoms with E-state index in [-0.39, 0.29) is 17.8 Å². The monoisotopic (exact) mass is 353 g/mol. The number of piperazine rings is 1. The van der Waals surface area contributed by atoms with Crippen molar-refractivity contribution < 1.29 is 9.18 Å². The van der Waals surface area contributed by atoms with E-state index in [1.54, 1.807) is 12.1 Å². The number of carbonyl (C=O) groups excluding carboxylic acids is 1. The summed E-state index contributed by atoms with van der Waals surface area (Å²) in [5.74, 6) is -0.240. The maximum Gasteiger partial charge on any atom is 0.242 e. The van der Waals surface area contributed by atoms with Gasteiger partial charge in [0.2, 0.25) is 5.91 Å². The van der Waals surface area contributed by atoms with E-state index in [1.807, 2.05) is 18.2 Å². The number of hydrogen-bond acceptors (Lipinski definition) is 3. The highest BCUT2D eigenvalue weighted by molar-refractivity contribution is 5.83. The fourth-order valence-electron chi connectivity index (χ4n) is 3.56. The van der Waals surface area contributed by atoms with Gasteiger partial charge in [0.1, 0.15) is 11.9 Å². The molecule has 4 rings (SSSR count). The Morgan fingerprint density at radius 1 is 0.962 bits per heavy atom. The van der Waals surface area contributed by atoms with Crippen molar-refractivity contribution in [2.45, 2.75) is 24.9 Å². The molecule has 1 aliphatic heterocycles. The summed E-state index contributed by atoms with van der Waals surface area (Å²) < 4.78 is 13.3. The van der Waals surface area contributed by atoms with Crippen molar-refractivity contribution in [3.8, 4) is 0 Å². The second-order valence-electron chi connectivity index (χ2n) is 7.10. The van der Waals surface area contributed by atoms with Gasteiger partial charge in [-0.25, -0.2) is 4.39 Å². The zero-order chi connectivity index (χ0) is 17.9. The number of rotatable bonds is 5. The molecule has 2 aliphatic rings. The van der Waals surface area contributed by atoms with Gasteiger partial charge >= 0.3 is 0 Å². The van der Waals surface area contributed by atoms with Crippen LogP contribution in [-0.4, -0.2) is 43.0 Å². The summed E-state index contributed by atoms with van der Waals surface area (Å²) in [7, 11) is 0. The number of halogens is 1.